The number of hydrogen-bond donors (Lipinski definition) is 1. The van der Waals surface area contributed by atoms with Crippen molar-refractivity contribution in [3.63, 3.8) is 0 Å². The predicted molar refractivity (Wildman–Crippen MR) is 60.6 cm³/mol. The summed E-state index contributed by atoms with van der Waals surface area (Å²) in [6, 6.07) is 5.11. The van der Waals surface area contributed by atoms with Crippen molar-refractivity contribution < 1.29 is 4.39 Å². The summed E-state index contributed by atoms with van der Waals surface area (Å²) in [5.74, 6) is -0.209. The number of nitrogens with two attached hydrogens (primary N) is 1. The number of hydrogen-bond acceptors (Lipinski definition) is 1. The number of halogens is 2. The molecule has 1 aliphatic carbocycles. The van der Waals surface area contributed by atoms with E-state index >= 15 is 0 Å². The molecule has 1 aliphatic rings. The van der Waals surface area contributed by atoms with Gasteiger partial charge in [-0.3, -0.25) is 0 Å². The Labute approximate surface area is 94.4 Å². The fourth-order valence-corrected chi connectivity index (χ4v) is 2.67. The van der Waals surface area contributed by atoms with Gasteiger partial charge in [-0.05, 0) is 42.4 Å². The second kappa shape index (κ2) is 3.76. The summed E-state index contributed by atoms with van der Waals surface area (Å²) >= 11 is 5.73. The third-order valence-electron chi connectivity index (χ3n) is 3.36. The first-order valence-corrected chi connectivity index (χ1v) is 5.60. The van der Waals surface area contributed by atoms with E-state index in [9.17, 15) is 4.39 Å². The molecule has 0 radical (unpaired) electrons. The molecule has 1 saturated carbocycles. The van der Waals surface area contributed by atoms with Crippen LogP contribution in [0.5, 0.6) is 0 Å². The lowest BCUT2D eigenvalue weighted by Gasteiger charge is -2.25. The molecule has 1 aromatic rings. The molecule has 2 unspecified atom stereocenters. The van der Waals surface area contributed by atoms with E-state index in [4.69, 9.17) is 17.3 Å². The van der Waals surface area contributed by atoms with Gasteiger partial charge in [0.05, 0.1) is 0 Å². The first-order chi connectivity index (χ1) is 7.01. The van der Waals surface area contributed by atoms with Crippen LogP contribution in [0.25, 0.3) is 0 Å². The summed E-state index contributed by atoms with van der Waals surface area (Å²) < 4.78 is 13.7. The zero-order chi connectivity index (χ0) is 11.1. The van der Waals surface area contributed by atoms with Crippen LogP contribution in [0.4, 0.5) is 4.39 Å². The van der Waals surface area contributed by atoms with Crippen LogP contribution >= 0.6 is 11.6 Å². The van der Waals surface area contributed by atoms with Gasteiger partial charge in [0.25, 0.3) is 0 Å². The first kappa shape index (κ1) is 10.9. The van der Waals surface area contributed by atoms with Crippen molar-refractivity contribution in [2.24, 2.45) is 5.73 Å². The van der Waals surface area contributed by atoms with Crippen LogP contribution in [-0.4, -0.2) is 6.04 Å². The van der Waals surface area contributed by atoms with Crippen molar-refractivity contribution in [1.82, 2.24) is 0 Å². The zero-order valence-corrected chi connectivity index (χ0v) is 9.52. The standard InChI is InChI=1S/C12H15ClFN/c1-12(5-4-9(15)7-12)10-3-2-8(13)6-11(10)14/h2-3,6,9H,4-5,7,15H2,1H3. The average molecular weight is 228 g/mol. The van der Waals surface area contributed by atoms with Crippen molar-refractivity contribution in [1.29, 1.82) is 0 Å². The molecule has 2 N–H and O–H groups in total. The SMILES string of the molecule is CC1(c2ccc(Cl)cc2F)CCC(N)C1. The van der Waals surface area contributed by atoms with E-state index in [1.54, 1.807) is 12.1 Å². The van der Waals surface area contributed by atoms with Gasteiger partial charge >= 0.3 is 0 Å². The summed E-state index contributed by atoms with van der Waals surface area (Å²) in [5.41, 5.74) is 6.51. The Bertz CT molecular complexity index is 380. The van der Waals surface area contributed by atoms with E-state index in [1.165, 1.54) is 6.07 Å². The van der Waals surface area contributed by atoms with Gasteiger partial charge < -0.3 is 5.73 Å². The van der Waals surface area contributed by atoms with Crippen molar-refractivity contribution in [3.05, 3.63) is 34.6 Å². The molecule has 2 rings (SSSR count). The molecule has 0 aromatic heterocycles. The Morgan fingerprint density at radius 3 is 2.80 bits per heavy atom. The molecule has 1 aromatic carbocycles. The fourth-order valence-electron chi connectivity index (χ4n) is 2.51. The Morgan fingerprint density at radius 1 is 1.53 bits per heavy atom. The maximum Gasteiger partial charge on any atom is 0.128 e. The second-order valence-electron chi connectivity index (χ2n) is 4.69. The second-order valence-corrected chi connectivity index (χ2v) is 5.12. The Morgan fingerprint density at radius 2 is 2.27 bits per heavy atom. The van der Waals surface area contributed by atoms with Crippen LogP contribution in [0, 0.1) is 5.82 Å². The minimum Gasteiger partial charge on any atom is -0.328 e. The van der Waals surface area contributed by atoms with Crippen LogP contribution in [0.15, 0.2) is 18.2 Å². The molecule has 82 valence electrons. The molecule has 0 aliphatic heterocycles. The third-order valence-corrected chi connectivity index (χ3v) is 3.60. The minimum absolute atomic E-state index is 0.117. The van der Waals surface area contributed by atoms with Crippen LogP contribution in [0.3, 0.4) is 0 Å². The van der Waals surface area contributed by atoms with Crippen LogP contribution in [0.2, 0.25) is 5.02 Å². The smallest absolute Gasteiger partial charge is 0.128 e. The van der Waals surface area contributed by atoms with Crippen molar-refractivity contribution >= 4 is 11.6 Å². The molecule has 2 atom stereocenters. The summed E-state index contributed by atoms with van der Waals surface area (Å²) in [6.07, 6.45) is 2.77. The van der Waals surface area contributed by atoms with Gasteiger partial charge in [-0.15, -0.1) is 0 Å². The molecule has 1 fully saturated rings. The van der Waals surface area contributed by atoms with Gasteiger partial charge in [0.2, 0.25) is 0 Å². The van der Waals surface area contributed by atoms with Crippen molar-refractivity contribution in [3.8, 4) is 0 Å². The van der Waals surface area contributed by atoms with Gasteiger partial charge in [0.15, 0.2) is 0 Å². The van der Waals surface area contributed by atoms with Gasteiger partial charge in [0, 0.05) is 11.1 Å². The van der Waals surface area contributed by atoms with Crippen LogP contribution in [0.1, 0.15) is 31.7 Å². The normalized spacial score (nSPS) is 30.8. The van der Waals surface area contributed by atoms with Crippen molar-refractivity contribution in [2.45, 2.75) is 37.6 Å². The summed E-state index contributed by atoms with van der Waals surface area (Å²) in [5, 5.41) is 0.446. The summed E-state index contributed by atoms with van der Waals surface area (Å²) in [4.78, 5) is 0. The highest BCUT2D eigenvalue weighted by Crippen LogP contribution is 2.41. The monoisotopic (exact) mass is 227 g/mol. The largest absolute Gasteiger partial charge is 0.328 e. The number of rotatable bonds is 1. The van der Waals surface area contributed by atoms with E-state index in [2.05, 4.69) is 6.92 Å². The van der Waals surface area contributed by atoms with Gasteiger partial charge in [-0.25, -0.2) is 4.39 Å². The molecule has 0 bridgehead atoms. The molecule has 0 spiro atoms. The molecular weight excluding hydrogens is 213 g/mol. The van der Waals surface area contributed by atoms with Crippen molar-refractivity contribution in [2.75, 3.05) is 0 Å². The topological polar surface area (TPSA) is 26.0 Å². The Kier molecular flexibility index (Phi) is 2.73. The Hall–Kier alpha value is -0.600. The molecular formula is C12H15ClFN. The number of benzene rings is 1. The van der Waals surface area contributed by atoms with Gasteiger partial charge in [0.1, 0.15) is 5.82 Å². The highest BCUT2D eigenvalue weighted by molar-refractivity contribution is 6.30. The molecule has 0 saturated heterocycles. The average Bonchev–Trinajstić information content (AvgIpc) is 2.46. The predicted octanol–water partition coefficient (Wildman–Crippen LogP) is 3.25. The lowest BCUT2D eigenvalue weighted by atomic mass is 9.80. The lowest BCUT2D eigenvalue weighted by molar-refractivity contribution is 0.451. The highest BCUT2D eigenvalue weighted by atomic mass is 35.5. The summed E-state index contributed by atoms with van der Waals surface area (Å²) in [7, 11) is 0. The molecule has 0 amide bonds. The van der Waals surface area contributed by atoms with Crippen LogP contribution < -0.4 is 5.73 Å². The van der Waals surface area contributed by atoms with E-state index in [-0.39, 0.29) is 17.3 Å². The molecule has 15 heavy (non-hydrogen) atoms. The lowest BCUT2D eigenvalue weighted by Crippen LogP contribution is -2.23. The molecule has 0 heterocycles. The van der Waals surface area contributed by atoms with E-state index in [1.807, 2.05) is 0 Å². The quantitative estimate of drug-likeness (QED) is 0.783. The third kappa shape index (κ3) is 2.01. The van der Waals surface area contributed by atoms with E-state index in [0.717, 1.165) is 24.8 Å². The zero-order valence-electron chi connectivity index (χ0n) is 8.76. The van der Waals surface area contributed by atoms with E-state index in [0.29, 0.717) is 5.02 Å². The maximum atomic E-state index is 13.7. The first-order valence-electron chi connectivity index (χ1n) is 5.22. The van der Waals surface area contributed by atoms with Gasteiger partial charge in [-0.2, -0.15) is 0 Å². The minimum atomic E-state index is -0.209. The molecule has 1 nitrogen and oxygen atoms in total. The van der Waals surface area contributed by atoms with Crippen LogP contribution in [-0.2, 0) is 5.41 Å². The van der Waals surface area contributed by atoms with E-state index < -0.39 is 0 Å². The maximum absolute atomic E-state index is 13.7. The highest BCUT2D eigenvalue weighted by Gasteiger charge is 2.36. The molecule has 3 heteroatoms. The summed E-state index contributed by atoms with van der Waals surface area (Å²) in [6.45, 7) is 2.08. The van der Waals surface area contributed by atoms with Gasteiger partial charge in [-0.1, -0.05) is 24.6 Å². The fraction of sp³-hybridized carbons (Fsp3) is 0.500. The Balaban J connectivity index is 2.37.